The van der Waals surface area contributed by atoms with Crippen molar-refractivity contribution in [2.45, 2.75) is 25.6 Å². The molecule has 2 aliphatic heterocycles. The fraction of sp³-hybridized carbons (Fsp3) is 0.350. The lowest BCUT2D eigenvalue weighted by molar-refractivity contribution is -0.123. The van der Waals surface area contributed by atoms with E-state index in [0.717, 1.165) is 16.8 Å². The van der Waals surface area contributed by atoms with Gasteiger partial charge in [-0.05, 0) is 36.8 Å². The van der Waals surface area contributed by atoms with Gasteiger partial charge in [-0.2, -0.15) is 0 Å². The van der Waals surface area contributed by atoms with Crippen LogP contribution in [0.5, 0.6) is 0 Å². The van der Waals surface area contributed by atoms with Crippen LogP contribution < -0.4 is 4.90 Å². The highest BCUT2D eigenvalue weighted by Crippen LogP contribution is 2.32. The highest BCUT2D eigenvalue weighted by molar-refractivity contribution is 7.91. The zero-order chi connectivity index (χ0) is 19.2. The first-order valence-electron chi connectivity index (χ1n) is 8.90. The average Bonchev–Trinajstić information content (AvgIpc) is 2.93. The summed E-state index contributed by atoms with van der Waals surface area (Å²) in [5.41, 5.74) is 2.88. The van der Waals surface area contributed by atoms with Crippen molar-refractivity contribution < 1.29 is 13.2 Å². The number of amides is 1. The van der Waals surface area contributed by atoms with E-state index in [1.807, 2.05) is 60.4 Å². The van der Waals surface area contributed by atoms with Gasteiger partial charge in [0.05, 0.1) is 24.1 Å². The summed E-state index contributed by atoms with van der Waals surface area (Å²) in [6.07, 6.45) is 0. The molecule has 2 aromatic rings. The van der Waals surface area contributed by atoms with Crippen molar-refractivity contribution in [2.75, 3.05) is 23.0 Å². The van der Waals surface area contributed by atoms with Crippen LogP contribution >= 0.6 is 11.6 Å². The summed E-state index contributed by atoms with van der Waals surface area (Å²) < 4.78 is 24.8. The van der Waals surface area contributed by atoms with Crippen molar-refractivity contribution in [3.63, 3.8) is 0 Å². The minimum absolute atomic E-state index is 0.00833. The number of sulfone groups is 1. The Balaban J connectivity index is 1.65. The van der Waals surface area contributed by atoms with Crippen LogP contribution in [0.15, 0.2) is 48.5 Å². The number of hydrogen-bond donors (Lipinski definition) is 0. The molecule has 0 radical (unpaired) electrons. The number of halogens is 1. The van der Waals surface area contributed by atoms with E-state index in [4.69, 9.17) is 11.6 Å². The lowest BCUT2D eigenvalue weighted by Crippen LogP contribution is -2.61. The minimum Gasteiger partial charge on any atom is -0.306 e. The molecule has 2 heterocycles. The van der Waals surface area contributed by atoms with Gasteiger partial charge in [0.25, 0.3) is 0 Å². The molecule has 2 fully saturated rings. The predicted molar refractivity (Wildman–Crippen MR) is 107 cm³/mol. The number of carbonyl (C=O) groups is 1. The number of hydrogen-bond acceptors (Lipinski definition) is 4. The van der Waals surface area contributed by atoms with Crippen LogP contribution in [0.1, 0.15) is 11.1 Å². The largest absolute Gasteiger partial charge is 0.306 e. The van der Waals surface area contributed by atoms with Crippen molar-refractivity contribution >= 4 is 33.0 Å². The van der Waals surface area contributed by atoms with Gasteiger partial charge in [-0.25, -0.2) is 8.42 Å². The monoisotopic (exact) mass is 404 g/mol. The molecule has 0 aromatic heterocycles. The molecule has 7 heteroatoms. The van der Waals surface area contributed by atoms with Crippen LogP contribution in [-0.4, -0.2) is 49.4 Å². The predicted octanol–water partition coefficient (Wildman–Crippen LogP) is 2.66. The van der Waals surface area contributed by atoms with Crippen LogP contribution in [-0.2, 0) is 21.2 Å². The Labute approximate surface area is 164 Å². The Hall–Kier alpha value is -1.89. The third-order valence-corrected chi connectivity index (χ3v) is 7.26. The smallest absolute Gasteiger partial charge is 0.241 e. The van der Waals surface area contributed by atoms with Gasteiger partial charge in [-0.1, -0.05) is 41.4 Å². The van der Waals surface area contributed by atoms with Gasteiger partial charge in [0.15, 0.2) is 9.84 Å². The quantitative estimate of drug-likeness (QED) is 0.789. The number of carbonyl (C=O) groups excluding carboxylic acids is 1. The molecule has 142 valence electrons. The average molecular weight is 405 g/mol. The second-order valence-corrected chi connectivity index (χ2v) is 9.93. The van der Waals surface area contributed by atoms with Crippen molar-refractivity contribution in [2.24, 2.45) is 0 Å². The van der Waals surface area contributed by atoms with E-state index in [9.17, 15) is 13.2 Å². The van der Waals surface area contributed by atoms with Gasteiger partial charge in [0, 0.05) is 23.3 Å². The summed E-state index contributed by atoms with van der Waals surface area (Å²) in [5, 5.41) is 0.653. The third kappa shape index (κ3) is 3.74. The van der Waals surface area contributed by atoms with Crippen molar-refractivity contribution in [1.29, 1.82) is 0 Å². The van der Waals surface area contributed by atoms with Gasteiger partial charge in [0.2, 0.25) is 5.91 Å². The normalized spacial score (nSPS) is 24.8. The summed E-state index contributed by atoms with van der Waals surface area (Å²) in [6, 6.07) is 14.6. The van der Waals surface area contributed by atoms with Gasteiger partial charge in [-0.3, -0.25) is 9.69 Å². The molecule has 0 bridgehead atoms. The second-order valence-electron chi connectivity index (χ2n) is 7.34. The van der Waals surface area contributed by atoms with Crippen molar-refractivity contribution in [1.82, 2.24) is 4.90 Å². The number of rotatable bonds is 3. The molecule has 0 N–H and O–H groups in total. The topological polar surface area (TPSA) is 57.7 Å². The number of fused-ring (bicyclic) bond motifs is 1. The fourth-order valence-corrected chi connectivity index (χ4v) is 6.10. The number of nitrogens with zero attached hydrogens (tertiary/aromatic N) is 2. The highest BCUT2D eigenvalue weighted by Gasteiger charge is 2.49. The summed E-state index contributed by atoms with van der Waals surface area (Å²) in [6.45, 7) is 2.72. The standard InChI is InChI=1S/C20H21ClN2O3S/c1-14-2-8-17(9-3-14)23-19-13-27(25,26)12-18(19)22(11-20(23)24)10-15-4-6-16(21)7-5-15/h2-9,18-19H,10-13H2,1H3/t18-,19+/m0/s1. The first-order valence-corrected chi connectivity index (χ1v) is 11.1. The summed E-state index contributed by atoms with van der Waals surface area (Å²) >= 11 is 5.95. The maximum absolute atomic E-state index is 13.0. The summed E-state index contributed by atoms with van der Waals surface area (Å²) in [7, 11) is -3.19. The molecule has 2 aliphatic rings. The Morgan fingerprint density at radius 3 is 2.30 bits per heavy atom. The molecule has 0 aliphatic carbocycles. The Bertz CT molecular complexity index is 958. The van der Waals surface area contributed by atoms with Crippen LogP contribution in [0, 0.1) is 6.92 Å². The summed E-state index contributed by atoms with van der Waals surface area (Å²) in [5.74, 6) is 0.0288. The first-order chi connectivity index (χ1) is 12.8. The van der Waals surface area contributed by atoms with Crippen molar-refractivity contribution in [3.8, 4) is 0 Å². The van der Waals surface area contributed by atoms with Crippen LogP contribution in [0.4, 0.5) is 5.69 Å². The Morgan fingerprint density at radius 2 is 1.63 bits per heavy atom. The zero-order valence-electron chi connectivity index (χ0n) is 15.0. The number of anilines is 1. The van der Waals surface area contributed by atoms with Gasteiger partial charge in [-0.15, -0.1) is 0 Å². The molecule has 27 heavy (non-hydrogen) atoms. The highest BCUT2D eigenvalue weighted by atomic mass is 35.5. The zero-order valence-corrected chi connectivity index (χ0v) is 16.6. The van der Waals surface area contributed by atoms with E-state index < -0.39 is 9.84 Å². The Kier molecular flexibility index (Phi) is 4.74. The van der Waals surface area contributed by atoms with E-state index in [1.165, 1.54) is 0 Å². The lowest BCUT2D eigenvalue weighted by Gasteiger charge is -2.43. The maximum Gasteiger partial charge on any atom is 0.241 e. The van der Waals surface area contributed by atoms with Crippen LogP contribution in [0.2, 0.25) is 5.02 Å². The molecule has 0 unspecified atom stereocenters. The molecule has 4 rings (SSSR count). The SMILES string of the molecule is Cc1ccc(N2C(=O)CN(Cc3ccc(Cl)cc3)[C@H]3CS(=O)(=O)C[C@H]32)cc1. The molecule has 2 saturated heterocycles. The van der Waals surface area contributed by atoms with Gasteiger partial charge in [0.1, 0.15) is 0 Å². The number of benzene rings is 2. The summed E-state index contributed by atoms with van der Waals surface area (Å²) in [4.78, 5) is 16.6. The molecular formula is C20H21ClN2O3S. The molecule has 0 saturated carbocycles. The fourth-order valence-electron chi connectivity index (χ4n) is 4.00. The molecule has 0 spiro atoms. The van der Waals surface area contributed by atoms with Gasteiger partial charge < -0.3 is 4.90 Å². The molecule has 1 amide bonds. The molecule has 5 nitrogen and oxygen atoms in total. The molecule has 2 atom stereocenters. The number of piperazine rings is 1. The van der Waals surface area contributed by atoms with E-state index in [-0.39, 0.29) is 36.0 Å². The minimum atomic E-state index is -3.19. The molecule has 2 aromatic carbocycles. The first kappa shape index (κ1) is 18.5. The lowest BCUT2D eigenvalue weighted by atomic mass is 10.0. The van der Waals surface area contributed by atoms with Gasteiger partial charge >= 0.3 is 0 Å². The van der Waals surface area contributed by atoms with Crippen molar-refractivity contribution in [3.05, 3.63) is 64.7 Å². The van der Waals surface area contributed by atoms with E-state index in [2.05, 4.69) is 0 Å². The maximum atomic E-state index is 13.0. The van der Waals surface area contributed by atoms with E-state index in [1.54, 1.807) is 4.90 Å². The number of aryl methyl sites for hydroxylation is 1. The second kappa shape index (κ2) is 6.93. The molecular weight excluding hydrogens is 384 g/mol. The van der Waals surface area contributed by atoms with E-state index >= 15 is 0 Å². The third-order valence-electron chi connectivity index (χ3n) is 5.31. The van der Waals surface area contributed by atoms with Crippen LogP contribution in [0.25, 0.3) is 0 Å². The Morgan fingerprint density at radius 1 is 1.00 bits per heavy atom. The van der Waals surface area contributed by atoms with E-state index in [0.29, 0.717) is 11.6 Å². The van der Waals surface area contributed by atoms with Crippen LogP contribution in [0.3, 0.4) is 0 Å².